The normalized spacial score (nSPS) is 25.6. The monoisotopic (exact) mass is 298 g/mol. The molecule has 1 N–H and O–H groups in total. The summed E-state index contributed by atoms with van der Waals surface area (Å²) in [6.07, 6.45) is 3.69. The first-order chi connectivity index (χ1) is 9.52. The van der Waals surface area contributed by atoms with Crippen LogP contribution in [0.5, 0.6) is 0 Å². The molecular weight excluding hydrogens is 272 g/mol. The van der Waals surface area contributed by atoms with E-state index in [1.165, 1.54) is 0 Å². The van der Waals surface area contributed by atoms with E-state index in [1.54, 1.807) is 0 Å². The molecule has 1 saturated heterocycles. The van der Waals surface area contributed by atoms with Gasteiger partial charge in [0.15, 0.2) is 0 Å². The van der Waals surface area contributed by atoms with Gasteiger partial charge in [0.25, 0.3) is 0 Å². The Balaban J connectivity index is 2.19. The minimum Gasteiger partial charge on any atom is -0.340 e. The summed E-state index contributed by atoms with van der Waals surface area (Å²) < 4.78 is 0. The minimum absolute atomic E-state index is 0.0444. The van der Waals surface area contributed by atoms with Crippen molar-refractivity contribution in [3.05, 3.63) is 0 Å². The van der Waals surface area contributed by atoms with Crippen molar-refractivity contribution in [3.63, 3.8) is 0 Å². The Morgan fingerprint density at radius 3 is 2.55 bits per heavy atom. The maximum atomic E-state index is 12.9. The lowest BCUT2D eigenvalue weighted by Gasteiger charge is -2.45. The van der Waals surface area contributed by atoms with Crippen molar-refractivity contribution >= 4 is 23.6 Å². The van der Waals surface area contributed by atoms with Gasteiger partial charge in [-0.15, -0.1) is 0 Å². The van der Waals surface area contributed by atoms with Gasteiger partial charge in [-0.2, -0.15) is 11.8 Å². The number of nitrogens with one attached hydrogen (secondary N) is 1. The molecule has 2 aliphatic rings. The van der Waals surface area contributed by atoms with Gasteiger partial charge in [0.05, 0.1) is 0 Å². The molecule has 1 unspecified atom stereocenters. The largest absolute Gasteiger partial charge is 0.340 e. The Bertz CT molecular complexity index is 378. The fourth-order valence-corrected chi connectivity index (χ4v) is 4.05. The van der Waals surface area contributed by atoms with Crippen LogP contribution in [0.25, 0.3) is 0 Å². The molecule has 0 bridgehead atoms. The zero-order valence-electron chi connectivity index (χ0n) is 12.8. The van der Waals surface area contributed by atoms with E-state index in [4.69, 9.17) is 0 Å². The van der Waals surface area contributed by atoms with E-state index in [0.717, 1.165) is 37.2 Å². The molecule has 1 saturated carbocycles. The molecule has 0 aromatic carbocycles. The van der Waals surface area contributed by atoms with E-state index >= 15 is 0 Å². The highest BCUT2D eigenvalue weighted by molar-refractivity contribution is 7.99. The standard InChI is InChI=1S/C15H26N2O2S/c1-4-20-10-9-17-12(11(2)3)13(18)16-15(14(17)19)7-5-6-8-15/h11-12H,4-10H2,1-3H3,(H,16,18). The first kappa shape index (κ1) is 15.7. The van der Waals surface area contributed by atoms with Gasteiger partial charge < -0.3 is 10.2 Å². The first-order valence-electron chi connectivity index (χ1n) is 7.72. The summed E-state index contributed by atoms with van der Waals surface area (Å²) in [6.45, 7) is 6.84. The number of piperazine rings is 1. The number of rotatable bonds is 5. The van der Waals surface area contributed by atoms with Crippen LogP contribution in [-0.2, 0) is 9.59 Å². The third-order valence-corrected chi connectivity index (χ3v) is 5.29. The highest BCUT2D eigenvalue weighted by Gasteiger charge is 2.52. The van der Waals surface area contributed by atoms with Gasteiger partial charge in [-0.25, -0.2) is 0 Å². The van der Waals surface area contributed by atoms with Crippen LogP contribution in [0.3, 0.4) is 0 Å². The Morgan fingerprint density at radius 1 is 1.35 bits per heavy atom. The fraction of sp³-hybridized carbons (Fsp3) is 0.867. The summed E-state index contributed by atoms with van der Waals surface area (Å²) in [5, 5.41) is 3.06. The first-order valence-corrected chi connectivity index (χ1v) is 8.88. The van der Waals surface area contributed by atoms with Crippen LogP contribution < -0.4 is 5.32 Å². The number of hydrogen-bond donors (Lipinski definition) is 1. The van der Waals surface area contributed by atoms with E-state index in [9.17, 15) is 9.59 Å². The lowest BCUT2D eigenvalue weighted by Crippen LogP contribution is -2.70. The average Bonchev–Trinajstić information content (AvgIpc) is 2.84. The van der Waals surface area contributed by atoms with E-state index in [0.29, 0.717) is 6.54 Å². The van der Waals surface area contributed by atoms with Crippen molar-refractivity contribution in [3.8, 4) is 0 Å². The molecule has 4 nitrogen and oxygen atoms in total. The summed E-state index contributed by atoms with van der Waals surface area (Å²) in [5.74, 6) is 2.32. The molecule has 0 aromatic rings. The van der Waals surface area contributed by atoms with Gasteiger partial charge >= 0.3 is 0 Å². The van der Waals surface area contributed by atoms with Gasteiger partial charge in [-0.3, -0.25) is 9.59 Å². The van der Waals surface area contributed by atoms with Crippen LogP contribution in [-0.4, -0.2) is 46.3 Å². The highest BCUT2D eigenvalue weighted by atomic mass is 32.2. The molecule has 5 heteroatoms. The second-order valence-corrected chi connectivity index (χ2v) is 7.56. The molecule has 114 valence electrons. The zero-order chi connectivity index (χ0) is 14.8. The molecule has 1 aliphatic heterocycles. The summed E-state index contributed by atoms with van der Waals surface area (Å²) in [4.78, 5) is 27.2. The lowest BCUT2D eigenvalue weighted by molar-refractivity contribution is -0.156. The SMILES string of the molecule is CCSCCN1C(=O)C2(CCCC2)NC(=O)C1C(C)C. The molecule has 1 spiro atoms. The number of amides is 2. The van der Waals surface area contributed by atoms with Gasteiger partial charge in [0.2, 0.25) is 11.8 Å². The van der Waals surface area contributed by atoms with Crippen LogP contribution >= 0.6 is 11.8 Å². The molecule has 1 heterocycles. The molecule has 20 heavy (non-hydrogen) atoms. The van der Waals surface area contributed by atoms with Crippen LogP contribution in [0.4, 0.5) is 0 Å². The second-order valence-electron chi connectivity index (χ2n) is 6.16. The number of carbonyl (C=O) groups excluding carboxylic acids is 2. The summed E-state index contributed by atoms with van der Waals surface area (Å²) in [6, 6.07) is -0.300. The van der Waals surface area contributed by atoms with Crippen molar-refractivity contribution in [2.24, 2.45) is 5.92 Å². The minimum atomic E-state index is -0.584. The van der Waals surface area contributed by atoms with Gasteiger partial charge in [0, 0.05) is 12.3 Å². The zero-order valence-corrected chi connectivity index (χ0v) is 13.6. The third-order valence-electron chi connectivity index (χ3n) is 4.41. The van der Waals surface area contributed by atoms with Gasteiger partial charge in [-0.05, 0) is 24.5 Å². The van der Waals surface area contributed by atoms with E-state index in [1.807, 2.05) is 30.5 Å². The van der Waals surface area contributed by atoms with Crippen molar-refractivity contribution in [2.75, 3.05) is 18.1 Å². The number of nitrogens with zero attached hydrogens (tertiary/aromatic N) is 1. The summed E-state index contributed by atoms with van der Waals surface area (Å²) in [7, 11) is 0. The van der Waals surface area contributed by atoms with Crippen LogP contribution in [0.1, 0.15) is 46.5 Å². The Morgan fingerprint density at radius 2 is 2.00 bits per heavy atom. The molecule has 2 fully saturated rings. The van der Waals surface area contributed by atoms with Crippen LogP contribution in [0, 0.1) is 5.92 Å². The topological polar surface area (TPSA) is 49.4 Å². The average molecular weight is 298 g/mol. The molecule has 2 amide bonds. The van der Waals surface area contributed by atoms with Gasteiger partial charge in [0.1, 0.15) is 11.6 Å². The molecular formula is C15H26N2O2S. The van der Waals surface area contributed by atoms with E-state index < -0.39 is 5.54 Å². The third kappa shape index (κ3) is 2.83. The molecule has 0 radical (unpaired) electrons. The summed E-state index contributed by atoms with van der Waals surface area (Å²) >= 11 is 1.82. The predicted molar refractivity (Wildman–Crippen MR) is 82.7 cm³/mol. The highest BCUT2D eigenvalue weighted by Crippen LogP contribution is 2.35. The summed E-state index contributed by atoms with van der Waals surface area (Å²) in [5.41, 5.74) is -0.584. The number of hydrogen-bond acceptors (Lipinski definition) is 3. The van der Waals surface area contributed by atoms with Crippen LogP contribution in [0.15, 0.2) is 0 Å². The molecule has 1 aliphatic carbocycles. The fourth-order valence-electron chi connectivity index (χ4n) is 3.43. The lowest BCUT2D eigenvalue weighted by atomic mass is 9.87. The van der Waals surface area contributed by atoms with Gasteiger partial charge in [-0.1, -0.05) is 33.6 Å². The van der Waals surface area contributed by atoms with Crippen molar-refractivity contribution in [1.29, 1.82) is 0 Å². The van der Waals surface area contributed by atoms with Crippen LogP contribution in [0.2, 0.25) is 0 Å². The van der Waals surface area contributed by atoms with E-state index in [-0.39, 0.29) is 23.8 Å². The molecule has 2 rings (SSSR count). The number of carbonyl (C=O) groups is 2. The molecule has 0 aromatic heterocycles. The van der Waals surface area contributed by atoms with E-state index in [2.05, 4.69) is 12.2 Å². The predicted octanol–water partition coefficient (Wildman–Crippen LogP) is 2.04. The number of thioether (sulfide) groups is 1. The smallest absolute Gasteiger partial charge is 0.249 e. The Kier molecular flexibility index (Phi) is 4.99. The van der Waals surface area contributed by atoms with Crippen molar-refractivity contribution in [1.82, 2.24) is 10.2 Å². The Hall–Kier alpha value is -0.710. The van der Waals surface area contributed by atoms with Crippen molar-refractivity contribution < 1.29 is 9.59 Å². The maximum absolute atomic E-state index is 12.9. The molecule has 1 atom stereocenters. The van der Waals surface area contributed by atoms with Crippen molar-refractivity contribution in [2.45, 2.75) is 58.0 Å². The second kappa shape index (κ2) is 6.37. The maximum Gasteiger partial charge on any atom is 0.249 e. The Labute approximate surface area is 126 Å². The quantitative estimate of drug-likeness (QED) is 0.790.